The molecule has 7 heteroatoms. The summed E-state index contributed by atoms with van der Waals surface area (Å²) in [7, 11) is 0. The molecule has 2 aliphatic rings. The molecular formula is C18H25N3O3S. The van der Waals surface area contributed by atoms with E-state index >= 15 is 0 Å². The van der Waals surface area contributed by atoms with Gasteiger partial charge < -0.3 is 15.1 Å². The third kappa shape index (κ3) is 3.71. The molecule has 0 radical (unpaired) electrons. The first-order chi connectivity index (χ1) is 11.9. The van der Waals surface area contributed by atoms with Gasteiger partial charge >= 0.3 is 0 Å². The Morgan fingerprint density at radius 3 is 2.72 bits per heavy atom. The Labute approximate surface area is 152 Å². The second kappa shape index (κ2) is 7.15. The Bertz CT molecular complexity index is 659. The fourth-order valence-electron chi connectivity index (χ4n) is 3.87. The molecule has 0 aromatic carbocycles. The first-order valence-corrected chi connectivity index (χ1v) is 9.66. The summed E-state index contributed by atoms with van der Waals surface area (Å²) in [5.74, 6) is 0.194. The first-order valence-electron chi connectivity index (χ1n) is 8.79. The molecule has 3 amide bonds. The highest BCUT2D eigenvalue weighted by molar-refractivity contribution is 7.12. The first kappa shape index (κ1) is 17.9. The van der Waals surface area contributed by atoms with Crippen molar-refractivity contribution in [2.45, 2.75) is 51.7 Å². The van der Waals surface area contributed by atoms with Crippen molar-refractivity contribution in [2.75, 3.05) is 13.1 Å². The van der Waals surface area contributed by atoms with Crippen molar-refractivity contribution < 1.29 is 14.4 Å². The SMILES string of the molecule is CC(=O)N[C@H]1C[C@H]2CN(C(=O)c3cccs3)[C@@H](CC(C)C)C(=O)N2C1. The number of piperazine rings is 1. The largest absolute Gasteiger partial charge is 0.352 e. The number of rotatable bonds is 4. The molecule has 136 valence electrons. The average molecular weight is 363 g/mol. The van der Waals surface area contributed by atoms with Gasteiger partial charge in [-0.2, -0.15) is 0 Å². The number of hydrogen-bond acceptors (Lipinski definition) is 4. The third-order valence-electron chi connectivity index (χ3n) is 4.86. The molecule has 3 atom stereocenters. The Kier molecular flexibility index (Phi) is 5.13. The van der Waals surface area contributed by atoms with E-state index in [1.165, 1.54) is 18.3 Å². The maximum Gasteiger partial charge on any atom is 0.264 e. The molecule has 2 aliphatic heterocycles. The minimum absolute atomic E-state index is 0.0164. The van der Waals surface area contributed by atoms with Crippen LogP contribution < -0.4 is 5.32 Å². The number of carbonyl (C=O) groups excluding carboxylic acids is 3. The Morgan fingerprint density at radius 1 is 1.36 bits per heavy atom. The molecule has 1 aromatic heterocycles. The van der Waals surface area contributed by atoms with Crippen LogP contribution in [-0.4, -0.2) is 58.7 Å². The third-order valence-corrected chi connectivity index (χ3v) is 5.72. The van der Waals surface area contributed by atoms with Crippen LogP contribution in [0.2, 0.25) is 0 Å². The van der Waals surface area contributed by atoms with Crippen molar-refractivity contribution in [1.29, 1.82) is 0 Å². The minimum atomic E-state index is -0.415. The number of amides is 3. The normalized spacial score (nSPS) is 26.1. The van der Waals surface area contributed by atoms with Gasteiger partial charge in [-0.05, 0) is 30.2 Å². The summed E-state index contributed by atoms with van der Waals surface area (Å²) in [6, 6.07) is 3.21. The van der Waals surface area contributed by atoms with Crippen LogP contribution in [0.4, 0.5) is 0 Å². The molecule has 0 spiro atoms. The van der Waals surface area contributed by atoms with Crippen LogP contribution in [0.1, 0.15) is 43.3 Å². The van der Waals surface area contributed by atoms with Gasteiger partial charge in [0.2, 0.25) is 11.8 Å². The second-order valence-corrected chi connectivity index (χ2v) is 8.31. The maximum atomic E-state index is 13.1. The molecule has 3 heterocycles. The summed E-state index contributed by atoms with van der Waals surface area (Å²) in [4.78, 5) is 41.7. The van der Waals surface area contributed by atoms with Gasteiger partial charge in [0, 0.05) is 26.1 Å². The number of hydrogen-bond donors (Lipinski definition) is 1. The number of nitrogens with one attached hydrogen (secondary N) is 1. The summed E-state index contributed by atoms with van der Waals surface area (Å²) in [5.41, 5.74) is 0. The molecule has 1 aromatic rings. The number of fused-ring (bicyclic) bond motifs is 1. The van der Waals surface area contributed by atoms with Crippen molar-refractivity contribution in [3.63, 3.8) is 0 Å². The van der Waals surface area contributed by atoms with E-state index in [0.29, 0.717) is 36.7 Å². The summed E-state index contributed by atoms with van der Waals surface area (Å²) in [6.45, 7) is 6.70. The van der Waals surface area contributed by atoms with Crippen LogP contribution in [0.3, 0.4) is 0 Å². The smallest absolute Gasteiger partial charge is 0.264 e. The number of thiophene rings is 1. The van der Waals surface area contributed by atoms with Gasteiger partial charge in [-0.15, -0.1) is 11.3 Å². The van der Waals surface area contributed by atoms with Crippen LogP contribution in [0, 0.1) is 5.92 Å². The molecule has 3 rings (SSSR count). The van der Waals surface area contributed by atoms with Gasteiger partial charge in [0.25, 0.3) is 5.91 Å². The molecule has 0 saturated carbocycles. The number of nitrogens with zero attached hydrogens (tertiary/aromatic N) is 2. The topological polar surface area (TPSA) is 69.7 Å². The Morgan fingerprint density at radius 2 is 2.12 bits per heavy atom. The molecule has 25 heavy (non-hydrogen) atoms. The zero-order valence-corrected chi connectivity index (χ0v) is 15.7. The molecular weight excluding hydrogens is 338 g/mol. The zero-order valence-electron chi connectivity index (χ0n) is 14.9. The Hall–Kier alpha value is -1.89. The fraction of sp³-hybridized carbons (Fsp3) is 0.611. The van der Waals surface area contributed by atoms with Crippen molar-refractivity contribution in [2.24, 2.45) is 5.92 Å². The van der Waals surface area contributed by atoms with Crippen molar-refractivity contribution in [1.82, 2.24) is 15.1 Å². The van der Waals surface area contributed by atoms with E-state index in [1.54, 1.807) is 4.90 Å². The molecule has 0 aliphatic carbocycles. The number of carbonyl (C=O) groups is 3. The van der Waals surface area contributed by atoms with Crippen molar-refractivity contribution in [3.8, 4) is 0 Å². The molecule has 0 bridgehead atoms. The van der Waals surface area contributed by atoms with E-state index in [2.05, 4.69) is 19.2 Å². The lowest BCUT2D eigenvalue weighted by Crippen LogP contribution is -2.61. The summed E-state index contributed by atoms with van der Waals surface area (Å²) in [5, 5.41) is 4.79. The standard InChI is InChI=1S/C18H25N3O3S/c1-11(2)7-15-17(23)20-9-13(19-12(3)22)8-14(20)10-21(15)18(24)16-5-4-6-25-16/h4-6,11,13-15H,7-10H2,1-3H3,(H,19,22)/t13-,14-,15-/m0/s1. The second-order valence-electron chi connectivity index (χ2n) is 7.36. The van der Waals surface area contributed by atoms with Gasteiger partial charge in [0.05, 0.1) is 10.9 Å². The monoisotopic (exact) mass is 363 g/mol. The van der Waals surface area contributed by atoms with Gasteiger partial charge in [0.1, 0.15) is 6.04 Å². The minimum Gasteiger partial charge on any atom is -0.352 e. The Balaban J connectivity index is 1.83. The van der Waals surface area contributed by atoms with Gasteiger partial charge in [-0.25, -0.2) is 0 Å². The highest BCUT2D eigenvalue weighted by Gasteiger charge is 2.47. The predicted molar refractivity (Wildman–Crippen MR) is 96.3 cm³/mol. The lowest BCUT2D eigenvalue weighted by Gasteiger charge is -2.43. The van der Waals surface area contributed by atoms with Crippen molar-refractivity contribution >= 4 is 29.1 Å². The van der Waals surface area contributed by atoms with E-state index in [9.17, 15) is 14.4 Å². The van der Waals surface area contributed by atoms with Crippen LogP contribution in [0.5, 0.6) is 0 Å². The molecule has 2 fully saturated rings. The van der Waals surface area contributed by atoms with E-state index in [0.717, 1.165) is 0 Å². The van der Waals surface area contributed by atoms with E-state index < -0.39 is 6.04 Å². The predicted octanol–water partition coefficient (Wildman–Crippen LogP) is 1.72. The maximum absolute atomic E-state index is 13.1. The molecule has 1 N–H and O–H groups in total. The van der Waals surface area contributed by atoms with E-state index in [-0.39, 0.29) is 29.8 Å². The molecule has 0 unspecified atom stereocenters. The van der Waals surface area contributed by atoms with Crippen LogP contribution in [0.25, 0.3) is 0 Å². The highest BCUT2D eigenvalue weighted by Crippen LogP contribution is 2.30. The lowest BCUT2D eigenvalue weighted by molar-refractivity contribution is -0.142. The highest BCUT2D eigenvalue weighted by atomic mass is 32.1. The van der Waals surface area contributed by atoms with Gasteiger partial charge in [0.15, 0.2) is 0 Å². The molecule has 2 saturated heterocycles. The lowest BCUT2D eigenvalue weighted by atomic mass is 9.97. The van der Waals surface area contributed by atoms with Gasteiger partial charge in [-0.3, -0.25) is 14.4 Å². The molecule has 6 nitrogen and oxygen atoms in total. The average Bonchev–Trinajstić information content (AvgIpc) is 3.17. The fourth-order valence-corrected chi connectivity index (χ4v) is 4.55. The van der Waals surface area contributed by atoms with Crippen LogP contribution in [0.15, 0.2) is 17.5 Å². The summed E-state index contributed by atoms with van der Waals surface area (Å²) in [6.07, 6.45) is 1.36. The van der Waals surface area contributed by atoms with E-state index in [4.69, 9.17) is 0 Å². The van der Waals surface area contributed by atoms with Gasteiger partial charge in [-0.1, -0.05) is 19.9 Å². The quantitative estimate of drug-likeness (QED) is 0.886. The van der Waals surface area contributed by atoms with Crippen molar-refractivity contribution in [3.05, 3.63) is 22.4 Å². The summed E-state index contributed by atoms with van der Waals surface area (Å²) >= 11 is 1.41. The summed E-state index contributed by atoms with van der Waals surface area (Å²) < 4.78 is 0. The van der Waals surface area contributed by atoms with E-state index in [1.807, 2.05) is 22.4 Å². The zero-order chi connectivity index (χ0) is 18.1. The van der Waals surface area contributed by atoms with Crippen LogP contribution >= 0.6 is 11.3 Å². The van der Waals surface area contributed by atoms with Crippen LogP contribution in [-0.2, 0) is 9.59 Å².